The Morgan fingerprint density at radius 1 is 0.767 bits per heavy atom. The predicted octanol–water partition coefficient (Wildman–Crippen LogP) is 3.54. The molecule has 0 saturated carbocycles. The lowest BCUT2D eigenvalue weighted by molar-refractivity contribution is 0.485. The van der Waals surface area contributed by atoms with Gasteiger partial charge in [0.15, 0.2) is 10.9 Å². The van der Waals surface area contributed by atoms with Crippen LogP contribution in [0.5, 0.6) is 0 Å². The fourth-order valence-electron chi connectivity index (χ4n) is 4.23. The van der Waals surface area contributed by atoms with Crippen molar-refractivity contribution in [1.29, 1.82) is 0 Å². The quantitative estimate of drug-likeness (QED) is 0.283. The number of benzene rings is 3. The molecule has 5 aromatic rings. The van der Waals surface area contributed by atoms with Gasteiger partial charge in [-0.2, -0.15) is 8.42 Å². The molecule has 0 radical (unpaired) electrons. The van der Waals surface area contributed by atoms with Gasteiger partial charge < -0.3 is 9.97 Å². The van der Waals surface area contributed by atoms with E-state index in [0.717, 1.165) is 5.56 Å². The van der Waals surface area contributed by atoms with E-state index in [2.05, 4.69) is 9.97 Å². The minimum atomic E-state index is -4.85. The first-order valence-corrected chi connectivity index (χ1v) is 10.6. The lowest BCUT2D eigenvalue weighted by Crippen LogP contribution is -2.16. The van der Waals surface area contributed by atoms with Gasteiger partial charge in [-0.05, 0) is 43.2 Å². The number of nitrogens with one attached hydrogen (secondary N) is 2. The number of hydrogen-bond donors (Lipinski definition) is 3. The summed E-state index contributed by atoms with van der Waals surface area (Å²) in [7, 11) is -4.85. The Hall–Kier alpha value is -3.49. The summed E-state index contributed by atoms with van der Waals surface area (Å²) in [4.78, 5) is 32.1. The van der Waals surface area contributed by atoms with Crippen molar-refractivity contribution in [3.8, 4) is 0 Å². The molecule has 5 rings (SSSR count). The molecule has 0 fully saturated rings. The fourth-order valence-corrected chi connectivity index (χ4v) is 5.09. The molecule has 30 heavy (non-hydrogen) atoms. The molecule has 0 unspecified atom stereocenters. The van der Waals surface area contributed by atoms with Gasteiger partial charge in [-0.25, -0.2) is 0 Å². The summed E-state index contributed by atoms with van der Waals surface area (Å²) < 4.78 is 35.0. The largest absolute Gasteiger partial charge is 0.354 e. The molecule has 3 N–H and O–H groups in total. The molecule has 0 aliphatic carbocycles. The Balaban J connectivity index is 2.24. The van der Waals surface area contributed by atoms with Gasteiger partial charge in [-0.1, -0.05) is 24.3 Å². The van der Waals surface area contributed by atoms with E-state index in [0.29, 0.717) is 27.4 Å². The van der Waals surface area contributed by atoms with Crippen LogP contribution < -0.4 is 10.9 Å². The summed E-state index contributed by atoms with van der Waals surface area (Å²) >= 11 is 0. The second-order valence-corrected chi connectivity index (χ2v) is 8.74. The van der Waals surface area contributed by atoms with Crippen molar-refractivity contribution in [3.05, 3.63) is 74.0 Å². The highest BCUT2D eigenvalue weighted by atomic mass is 32.2. The first-order valence-electron chi connectivity index (χ1n) is 9.20. The molecule has 0 saturated heterocycles. The number of para-hydroxylation sites is 2. The maximum atomic E-state index is 13.4. The van der Waals surface area contributed by atoms with Crippen molar-refractivity contribution in [2.75, 3.05) is 0 Å². The first-order chi connectivity index (χ1) is 14.2. The molecule has 2 aromatic heterocycles. The third-order valence-corrected chi connectivity index (χ3v) is 6.54. The maximum absolute atomic E-state index is 13.4. The van der Waals surface area contributed by atoms with Gasteiger partial charge >= 0.3 is 0 Å². The van der Waals surface area contributed by atoms with Crippen molar-refractivity contribution in [2.45, 2.75) is 18.7 Å². The minimum Gasteiger partial charge on any atom is -0.354 e. The Kier molecular flexibility index (Phi) is 3.71. The number of fused-ring (bicyclic) bond motifs is 4. The molecule has 150 valence electrons. The normalized spacial score (nSPS) is 12.4. The van der Waals surface area contributed by atoms with Crippen LogP contribution in [0.1, 0.15) is 11.1 Å². The summed E-state index contributed by atoms with van der Waals surface area (Å²) in [5, 5.41) is 0.617. The summed E-state index contributed by atoms with van der Waals surface area (Å²) in [6, 6.07) is 11.8. The number of rotatable bonds is 1. The third-order valence-electron chi connectivity index (χ3n) is 5.61. The molecule has 7 nitrogen and oxygen atoms in total. The van der Waals surface area contributed by atoms with Gasteiger partial charge in [0.1, 0.15) is 4.90 Å². The van der Waals surface area contributed by atoms with Gasteiger partial charge in [-0.15, -0.1) is 0 Å². The van der Waals surface area contributed by atoms with Crippen LogP contribution in [0.15, 0.2) is 56.9 Å². The van der Waals surface area contributed by atoms with Crippen LogP contribution in [-0.4, -0.2) is 22.9 Å². The highest BCUT2D eigenvalue weighted by Gasteiger charge is 2.26. The van der Waals surface area contributed by atoms with Gasteiger partial charge in [0.2, 0.25) is 0 Å². The average Bonchev–Trinajstić information content (AvgIpc) is 2.69. The molecule has 0 atom stereocenters. The van der Waals surface area contributed by atoms with Crippen LogP contribution >= 0.6 is 0 Å². The standard InChI is InChI=1S/C22H16N2O5S/c1-10-6-5-8-13-17(10)24-18-11(2)15-19(22(30(27,28)29)16(18)21(13)26)23-14-9-4-3-7-12(14)20(15)25/h3-9H,1-2H3,(H,23,25)(H,24,26)(H,27,28,29). The third kappa shape index (κ3) is 2.38. The summed E-state index contributed by atoms with van der Waals surface area (Å²) in [5.74, 6) is 0. The molecule has 2 heterocycles. The van der Waals surface area contributed by atoms with Crippen LogP contribution in [0.3, 0.4) is 0 Å². The molecular formula is C22H16N2O5S. The number of pyridine rings is 2. The van der Waals surface area contributed by atoms with Crippen molar-refractivity contribution in [3.63, 3.8) is 0 Å². The van der Waals surface area contributed by atoms with Crippen molar-refractivity contribution >= 4 is 53.7 Å². The van der Waals surface area contributed by atoms with Crippen LogP contribution in [0, 0.1) is 13.8 Å². The lowest BCUT2D eigenvalue weighted by atomic mass is 9.99. The van der Waals surface area contributed by atoms with E-state index in [9.17, 15) is 22.6 Å². The van der Waals surface area contributed by atoms with E-state index in [-0.39, 0.29) is 27.2 Å². The Morgan fingerprint density at radius 2 is 1.43 bits per heavy atom. The maximum Gasteiger partial charge on any atom is 0.297 e. The molecule has 0 spiro atoms. The monoisotopic (exact) mass is 420 g/mol. The summed E-state index contributed by atoms with van der Waals surface area (Å²) in [5.41, 5.74) is 1.41. The molecule has 0 amide bonds. The van der Waals surface area contributed by atoms with Gasteiger partial charge in [0, 0.05) is 16.3 Å². The molecular weight excluding hydrogens is 404 g/mol. The zero-order valence-electron chi connectivity index (χ0n) is 16.0. The number of hydrogen-bond acceptors (Lipinski definition) is 4. The van der Waals surface area contributed by atoms with E-state index in [1.165, 1.54) is 0 Å². The molecule has 3 aromatic carbocycles. The molecule has 8 heteroatoms. The predicted molar refractivity (Wildman–Crippen MR) is 117 cm³/mol. The van der Waals surface area contributed by atoms with Crippen molar-refractivity contribution in [1.82, 2.24) is 9.97 Å². The van der Waals surface area contributed by atoms with Crippen molar-refractivity contribution in [2.24, 2.45) is 0 Å². The highest BCUT2D eigenvalue weighted by Crippen LogP contribution is 2.33. The number of aromatic nitrogens is 2. The Morgan fingerprint density at radius 3 is 2.17 bits per heavy atom. The van der Waals surface area contributed by atoms with Gasteiger partial charge in [0.25, 0.3) is 10.1 Å². The summed E-state index contributed by atoms with van der Waals surface area (Å²) in [6.45, 7) is 3.48. The molecule has 0 bridgehead atoms. The highest BCUT2D eigenvalue weighted by molar-refractivity contribution is 7.86. The van der Waals surface area contributed by atoms with Crippen LogP contribution in [0.2, 0.25) is 0 Å². The minimum absolute atomic E-state index is 0.0799. The van der Waals surface area contributed by atoms with E-state index < -0.39 is 20.4 Å². The van der Waals surface area contributed by atoms with E-state index in [1.807, 2.05) is 13.0 Å². The summed E-state index contributed by atoms with van der Waals surface area (Å²) in [6.07, 6.45) is 0. The number of aryl methyl sites for hydroxylation is 2. The second-order valence-electron chi connectivity index (χ2n) is 7.38. The fraction of sp³-hybridized carbons (Fsp3) is 0.0909. The van der Waals surface area contributed by atoms with E-state index >= 15 is 0 Å². The SMILES string of the molecule is Cc1cccc2c(=O)c3c(S(=O)(=O)O)c4[nH]c5ccccc5c(=O)c4c(C)c3[nH]c12. The smallest absolute Gasteiger partial charge is 0.297 e. The average molecular weight is 420 g/mol. The number of aromatic amines is 2. The second kappa shape index (κ2) is 6.01. The lowest BCUT2D eigenvalue weighted by Gasteiger charge is -2.14. The van der Waals surface area contributed by atoms with Gasteiger partial charge in [-0.3, -0.25) is 14.1 Å². The first kappa shape index (κ1) is 18.5. The Bertz CT molecular complexity index is 1780. The number of H-pyrrole nitrogens is 2. The topological polar surface area (TPSA) is 120 Å². The molecule has 0 aliphatic rings. The van der Waals surface area contributed by atoms with Crippen LogP contribution in [0.25, 0.3) is 43.6 Å². The molecule has 0 aliphatic heterocycles. The van der Waals surface area contributed by atoms with Crippen LogP contribution in [0.4, 0.5) is 0 Å². The van der Waals surface area contributed by atoms with E-state index in [1.54, 1.807) is 43.3 Å². The zero-order chi connectivity index (χ0) is 21.4. The van der Waals surface area contributed by atoms with Crippen LogP contribution in [-0.2, 0) is 10.1 Å². The van der Waals surface area contributed by atoms with E-state index in [4.69, 9.17) is 0 Å². The zero-order valence-corrected chi connectivity index (χ0v) is 16.8. The van der Waals surface area contributed by atoms with Crippen molar-refractivity contribution < 1.29 is 13.0 Å². The van der Waals surface area contributed by atoms with Gasteiger partial charge in [0.05, 0.1) is 27.3 Å². The Labute approximate surface area is 169 Å².